The number of hydrogen-bond donors (Lipinski definition) is 0. The molecule has 0 unspecified atom stereocenters. The van der Waals surface area contributed by atoms with Gasteiger partial charge in [0, 0.05) is 0 Å². The van der Waals surface area contributed by atoms with E-state index >= 15 is 0 Å². The quantitative estimate of drug-likeness (QED) is 0.633. The Morgan fingerprint density at radius 2 is 2.36 bits per heavy atom. The Hall–Kier alpha value is -1.35. The lowest BCUT2D eigenvalue weighted by atomic mass is 9.97. The van der Waals surface area contributed by atoms with Gasteiger partial charge in [0.05, 0.1) is 25.9 Å². The van der Waals surface area contributed by atoms with Crippen molar-refractivity contribution >= 4 is 5.97 Å². The van der Waals surface area contributed by atoms with Crippen LogP contribution in [0.15, 0.2) is 18.2 Å². The van der Waals surface area contributed by atoms with Gasteiger partial charge in [-0.15, -0.1) is 0 Å². The summed E-state index contributed by atoms with van der Waals surface area (Å²) in [4.78, 5) is 11.4. The summed E-state index contributed by atoms with van der Waals surface area (Å²) >= 11 is 0. The molecule has 0 amide bonds. The first-order valence-corrected chi connectivity index (χ1v) is 4.59. The molecule has 1 heterocycles. The third-order valence-corrected chi connectivity index (χ3v) is 2.43. The van der Waals surface area contributed by atoms with E-state index in [1.54, 1.807) is 6.07 Å². The van der Waals surface area contributed by atoms with E-state index in [1.165, 1.54) is 7.11 Å². The number of fused-ring (bicyclic) bond motifs is 1. The molecule has 74 valence electrons. The fourth-order valence-corrected chi connectivity index (χ4v) is 1.72. The molecule has 0 bridgehead atoms. The summed E-state index contributed by atoms with van der Waals surface area (Å²) in [5.74, 6) is -0.260. The predicted octanol–water partition coefficient (Wildman–Crippen LogP) is 1.55. The molecule has 3 nitrogen and oxygen atoms in total. The third-order valence-electron chi connectivity index (χ3n) is 2.43. The summed E-state index contributed by atoms with van der Waals surface area (Å²) in [6.07, 6.45) is 0.792. The van der Waals surface area contributed by atoms with Crippen molar-refractivity contribution in [3.8, 4) is 0 Å². The Balaban J connectivity index is 2.45. The van der Waals surface area contributed by atoms with Crippen LogP contribution in [0.3, 0.4) is 0 Å². The average Bonchev–Trinajstić information content (AvgIpc) is 2.27. The van der Waals surface area contributed by atoms with Gasteiger partial charge < -0.3 is 9.47 Å². The number of rotatable bonds is 1. The van der Waals surface area contributed by atoms with Crippen molar-refractivity contribution in [2.45, 2.75) is 13.0 Å². The van der Waals surface area contributed by atoms with Crippen LogP contribution >= 0.6 is 0 Å². The molecule has 1 aliphatic heterocycles. The molecule has 1 aliphatic rings. The van der Waals surface area contributed by atoms with Gasteiger partial charge in [0.25, 0.3) is 0 Å². The predicted molar refractivity (Wildman–Crippen MR) is 51.1 cm³/mol. The lowest BCUT2D eigenvalue weighted by Gasteiger charge is -2.18. The van der Waals surface area contributed by atoms with E-state index in [0.29, 0.717) is 18.8 Å². The SMILES string of the molecule is COC(=O)c1cccc2c1CCOC2. The maximum Gasteiger partial charge on any atom is 0.338 e. The molecular weight excluding hydrogens is 180 g/mol. The van der Waals surface area contributed by atoms with Crippen molar-refractivity contribution in [2.24, 2.45) is 0 Å². The molecule has 0 aromatic heterocycles. The fourth-order valence-electron chi connectivity index (χ4n) is 1.72. The second-order valence-electron chi connectivity index (χ2n) is 3.24. The molecule has 0 atom stereocenters. The number of esters is 1. The van der Waals surface area contributed by atoms with E-state index < -0.39 is 0 Å². The summed E-state index contributed by atoms with van der Waals surface area (Å²) < 4.78 is 10.0. The molecule has 0 spiro atoms. The highest BCUT2D eigenvalue weighted by molar-refractivity contribution is 5.91. The van der Waals surface area contributed by atoms with Crippen LogP contribution in [0.4, 0.5) is 0 Å². The van der Waals surface area contributed by atoms with Gasteiger partial charge in [0.2, 0.25) is 0 Å². The Morgan fingerprint density at radius 3 is 3.14 bits per heavy atom. The largest absolute Gasteiger partial charge is 0.465 e. The van der Waals surface area contributed by atoms with E-state index in [9.17, 15) is 4.79 Å². The second kappa shape index (κ2) is 3.80. The van der Waals surface area contributed by atoms with Crippen LogP contribution in [0.1, 0.15) is 21.5 Å². The van der Waals surface area contributed by atoms with Crippen LogP contribution < -0.4 is 0 Å². The molecule has 1 aromatic rings. The van der Waals surface area contributed by atoms with E-state index in [-0.39, 0.29) is 5.97 Å². The molecule has 0 aliphatic carbocycles. The molecule has 14 heavy (non-hydrogen) atoms. The van der Waals surface area contributed by atoms with Crippen molar-refractivity contribution in [3.05, 3.63) is 34.9 Å². The molecular formula is C11H12O3. The number of carbonyl (C=O) groups is 1. The average molecular weight is 192 g/mol. The van der Waals surface area contributed by atoms with Crippen LogP contribution in [0.25, 0.3) is 0 Å². The minimum absolute atomic E-state index is 0.260. The van der Waals surface area contributed by atoms with Crippen molar-refractivity contribution < 1.29 is 14.3 Å². The van der Waals surface area contributed by atoms with Gasteiger partial charge in [-0.3, -0.25) is 0 Å². The molecule has 3 heteroatoms. The fraction of sp³-hybridized carbons (Fsp3) is 0.364. The molecule has 0 fully saturated rings. The zero-order chi connectivity index (χ0) is 9.97. The van der Waals surface area contributed by atoms with Gasteiger partial charge >= 0.3 is 5.97 Å². The highest BCUT2D eigenvalue weighted by atomic mass is 16.5. The Morgan fingerprint density at radius 1 is 1.50 bits per heavy atom. The molecule has 2 rings (SSSR count). The maximum absolute atomic E-state index is 11.4. The number of hydrogen-bond acceptors (Lipinski definition) is 3. The monoisotopic (exact) mass is 192 g/mol. The molecule has 1 aromatic carbocycles. The van der Waals surface area contributed by atoms with Crippen LogP contribution in [-0.2, 0) is 22.5 Å². The van der Waals surface area contributed by atoms with Gasteiger partial charge in [-0.05, 0) is 23.6 Å². The first-order valence-electron chi connectivity index (χ1n) is 4.59. The maximum atomic E-state index is 11.4. The first-order chi connectivity index (χ1) is 6.83. The molecule has 0 radical (unpaired) electrons. The van der Waals surface area contributed by atoms with E-state index in [0.717, 1.165) is 17.5 Å². The van der Waals surface area contributed by atoms with Crippen LogP contribution in [0.5, 0.6) is 0 Å². The Labute approximate surface area is 82.6 Å². The Bertz CT molecular complexity index is 358. The van der Waals surface area contributed by atoms with Gasteiger partial charge in [-0.2, -0.15) is 0 Å². The van der Waals surface area contributed by atoms with Gasteiger partial charge in [-0.1, -0.05) is 12.1 Å². The normalized spacial score (nSPS) is 14.6. The first kappa shape index (κ1) is 9.21. The van der Waals surface area contributed by atoms with Gasteiger partial charge in [0.15, 0.2) is 0 Å². The van der Waals surface area contributed by atoms with Crippen molar-refractivity contribution in [3.63, 3.8) is 0 Å². The van der Waals surface area contributed by atoms with Gasteiger partial charge in [0.1, 0.15) is 0 Å². The highest BCUT2D eigenvalue weighted by Gasteiger charge is 2.17. The van der Waals surface area contributed by atoms with Crippen LogP contribution in [0.2, 0.25) is 0 Å². The van der Waals surface area contributed by atoms with Crippen molar-refractivity contribution in [1.29, 1.82) is 0 Å². The Kier molecular flexibility index (Phi) is 2.50. The zero-order valence-corrected chi connectivity index (χ0v) is 8.08. The third kappa shape index (κ3) is 1.51. The van der Waals surface area contributed by atoms with E-state index in [2.05, 4.69) is 0 Å². The second-order valence-corrected chi connectivity index (χ2v) is 3.24. The topological polar surface area (TPSA) is 35.5 Å². The lowest BCUT2D eigenvalue weighted by Crippen LogP contribution is -2.15. The number of benzene rings is 1. The summed E-state index contributed by atoms with van der Waals surface area (Å²) in [5.41, 5.74) is 2.85. The number of carbonyl (C=O) groups excluding carboxylic acids is 1. The van der Waals surface area contributed by atoms with E-state index in [1.807, 2.05) is 12.1 Å². The van der Waals surface area contributed by atoms with Gasteiger partial charge in [-0.25, -0.2) is 4.79 Å². The molecule has 0 saturated heterocycles. The summed E-state index contributed by atoms with van der Waals surface area (Å²) in [6.45, 7) is 1.28. The lowest BCUT2D eigenvalue weighted by molar-refractivity contribution is 0.0595. The standard InChI is InChI=1S/C11H12O3/c1-13-11(12)10-4-2-3-8-7-14-6-5-9(8)10/h2-4H,5-7H2,1H3. The van der Waals surface area contributed by atoms with Crippen LogP contribution in [0, 0.1) is 0 Å². The number of methoxy groups -OCH3 is 1. The molecule has 0 N–H and O–H groups in total. The smallest absolute Gasteiger partial charge is 0.338 e. The zero-order valence-electron chi connectivity index (χ0n) is 8.08. The summed E-state index contributed by atoms with van der Waals surface area (Å²) in [6, 6.07) is 5.65. The summed E-state index contributed by atoms with van der Waals surface area (Å²) in [7, 11) is 1.40. The number of ether oxygens (including phenoxy) is 2. The molecule has 0 saturated carbocycles. The van der Waals surface area contributed by atoms with E-state index in [4.69, 9.17) is 9.47 Å². The van der Waals surface area contributed by atoms with Crippen LogP contribution in [-0.4, -0.2) is 19.7 Å². The van der Waals surface area contributed by atoms with Crippen molar-refractivity contribution in [1.82, 2.24) is 0 Å². The minimum atomic E-state index is -0.260. The highest BCUT2D eigenvalue weighted by Crippen LogP contribution is 2.21. The minimum Gasteiger partial charge on any atom is -0.465 e. The summed E-state index contributed by atoms with van der Waals surface area (Å²) in [5, 5.41) is 0. The van der Waals surface area contributed by atoms with Crippen molar-refractivity contribution in [2.75, 3.05) is 13.7 Å².